The lowest BCUT2D eigenvalue weighted by molar-refractivity contribution is 0.429. The Morgan fingerprint density at radius 1 is 1.32 bits per heavy atom. The Hall–Kier alpha value is -1.50. The molecular formula is C15H18ClN5S. The molecule has 7 heteroatoms. The van der Waals surface area contributed by atoms with Crippen LogP contribution in [0.3, 0.4) is 0 Å². The van der Waals surface area contributed by atoms with Gasteiger partial charge in [-0.25, -0.2) is 4.68 Å². The normalized spacial score (nSPS) is 16.5. The van der Waals surface area contributed by atoms with Gasteiger partial charge in [-0.1, -0.05) is 55.8 Å². The van der Waals surface area contributed by atoms with E-state index in [1.807, 2.05) is 34.3 Å². The fourth-order valence-electron chi connectivity index (χ4n) is 2.21. The number of hydrogen-bond donors (Lipinski definition) is 2. The Bertz CT molecular complexity index is 694. The SMILES string of the molecule is CC[C@H](C)[C@H](N)c1nnc2n1NC(c1ccc(Cl)cc1)=CS2. The zero-order valence-corrected chi connectivity index (χ0v) is 14.0. The molecule has 2 aromatic rings. The molecule has 0 saturated heterocycles. The molecule has 3 rings (SSSR count). The van der Waals surface area contributed by atoms with E-state index in [2.05, 4.69) is 29.5 Å². The molecular weight excluding hydrogens is 318 g/mol. The summed E-state index contributed by atoms with van der Waals surface area (Å²) in [6.07, 6.45) is 0.996. The van der Waals surface area contributed by atoms with Gasteiger partial charge in [-0.05, 0) is 18.1 Å². The summed E-state index contributed by atoms with van der Waals surface area (Å²) in [5.41, 5.74) is 11.7. The standard InChI is InChI=1S/C15H18ClN5S/c1-3-9(2)13(17)14-18-19-15-21(14)20-12(8-22-15)10-4-6-11(16)7-5-10/h4-9,13,20H,3,17H2,1-2H3/t9-,13-/m0/s1. The molecule has 0 fully saturated rings. The van der Waals surface area contributed by atoms with Crippen molar-refractivity contribution in [2.45, 2.75) is 31.5 Å². The van der Waals surface area contributed by atoms with Crippen molar-refractivity contribution in [1.82, 2.24) is 14.9 Å². The maximum Gasteiger partial charge on any atom is 0.214 e. The van der Waals surface area contributed by atoms with Crippen molar-refractivity contribution >= 4 is 29.1 Å². The number of thioether (sulfide) groups is 1. The number of halogens is 1. The number of benzene rings is 1. The third-order valence-electron chi connectivity index (χ3n) is 3.88. The van der Waals surface area contributed by atoms with Crippen molar-refractivity contribution in [3.8, 4) is 0 Å². The Balaban J connectivity index is 1.88. The summed E-state index contributed by atoms with van der Waals surface area (Å²) in [4.78, 5) is 0. The predicted molar refractivity (Wildman–Crippen MR) is 91.1 cm³/mol. The second-order valence-electron chi connectivity index (χ2n) is 5.36. The van der Waals surface area contributed by atoms with E-state index in [1.54, 1.807) is 0 Å². The molecule has 3 N–H and O–H groups in total. The summed E-state index contributed by atoms with van der Waals surface area (Å²) < 4.78 is 1.88. The quantitative estimate of drug-likeness (QED) is 0.893. The summed E-state index contributed by atoms with van der Waals surface area (Å²) in [6.45, 7) is 4.25. The Morgan fingerprint density at radius 3 is 2.73 bits per heavy atom. The summed E-state index contributed by atoms with van der Waals surface area (Å²) >= 11 is 7.47. The summed E-state index contributed by atoms with van der Waals surface area (Å²) in [5, 5.41) is 12.0. The van der Waals surface area contributed by atoms with E-state index >= 15 is 0 Å². The summed E-state index contributed by atoms with van der Waals surface area (Å²) in [6, 6.07) is 7.55. The van der Waals surface area contributed by atoms with Gasteiger partial charge in [0.15, 0.2) is 5.82 Å². The number of rotatable bonds is 4. The molecule has 1 aliphatic rings. The average Bonchev–Trinajstić information content (AvgIpc) is 2.97. The first-order chi connectivity index (χ1) is 10.6. The molecule has 0 bridgehead atoms. The highest BCUT2D eigenvalue weighted by Crippen LogP contribution is 2.31. The van der Waals surface area contributed by atoms with Gasteiger partial charge in [-0.15, -0.1) is 10.2 Å². The molecule has 0 radical (unpaired) electrons. The average molecular weight is 336 g/mol. The second kappa shape index (κ2) is 6.32. The summed E-state index contributed by atoms with van der Waals surface area (Å²) in [7, 11) is 0. The Labute approximate surface area is 138 Å². The van der Waals surface area contributed by atoms with E-state index in [0.29, 0.717) is 5.92 Å². The van der Waals surface area contributed by atoms with E-state index in [4.69, 9.17) is 17.3 Å². The molecule has 0 aliphatic carbocycles. The van der Waals surface area contributed by atoms with Crippen LogP contribution in [-0.4, -0.2) is 14.9 Å². The molecule has 1 aliphatic heterocycles. The molecule has 22 heavy (non-hydrogen) atoms. The first kappa shape index (κ1) is 15.4. The molecule has 0 spiro atoms. The largest absolute Gasteiger partial charge is 0.321 e. The number of nitrogens with one attached hydrogen (secondary N) is 1. The van der Waals surface area contributed by atoms with Crippen molar-refractivity contribution in [1.29, 1.82) is 0 Å². The maximum atomic E-state index is 6.31. The second-order valence-corrected chi connectivity index (χ2v) is 6.63. The number of aromatic nitrogens is 3. The smallest absolute Gasteiger partial charge is 0.214 e. The van der Waals surface area contributed by atoms with Crippen LogP contribution < -0.4 is 11.2 Å². The van der Waals surface area contributed by atoms with Crippen LogP contribution in [-0.2, 0) is 0 Å². The number of nitrogens with zero attached hydrogens (tertiary/aromatic N) is 3. The van der Waals surface area contributed by atoms with Crippen LogP contribution in [0.4, 0.5) is 0 Å². The van der Waals surface area contributed by atoms with E-state index in [1.165, 1.54) is 11.8 Å². The topological polar surface area (TPSA) is 68.8 Å². The van der Waals surface area contributed by atoms with Gasteiger partial charge in [0.2, 0.25) is 5.16 Å². The van der Waals surface area contributed by atoms with Crippen LogP contribution in [0, 0.1) is 5.92 Å². The molecule has 2 atom stereocenters. The van der Waals surface area contributed by atoms with Crippen LogP contribution in [0.2, 0.25) is 5.02 Å². The van der Waals surface area contributed by atoms with Crippen molar-refractivity contribution in [2.75, 3.05) is 5.43 Å². The number of hydrogen-bond acceptors (Lipinski definition) is 5. The van der Waals surface area contributed by atoms with E-state index < -0.39 is 0 Å². The van der Waals surface area contributed by atoms with Gasteiger partial charge in [0.25, 0.3) is 0 Å². The first-order valence-electron chi connectivity index (χ1n) is 7.20. The fraction of sp³-hybridized carbons (Fsp3) is 0.333. The van der Waals surface area contributed by atoms with Gasteiger partial charge in [0.05, 0.1) is 11.7 Å². The van der Waals surface area contributed by atoms with Crippen LogP contribution in [0.1, 0.15) is 37.7 Å². The predicted octanol–water partition coefficient (Wildman–Crippen LogP) is 3.63. The van der Waals surface area contributed by atoms with Crippen LogP contribution in [0.5, 0.6) is 0 Å². The maximum absolute atomic E-state index is 6.31. The Kier molecular flexibility index (Phi) is 4.42. The molecule has 2 heterocycles. The highest BCUT2D eigenvalue weighted by molar-refractivity contribution is 8.02. The lowest BCUT2D eigenvalue weighted by Gasteiger charge is -2.23. The van der Waals surface area contributed by atoms with Crippen molar-refractivity contribution in [2.24, 2.45) is 11.7 Å². The summed E-state index contributed by atoms with van der Waals surface area (Å²) in [5.74, 6) is 1.10. The molecule has 0 amide bonds. The van der Waals surface area contributed by atoms with Gasteiger partial charge in [-0.3, -0.25) is 5.43 Å². The minimum atomic E-state index is -0.149. The molecule has 1 aromatic carbocycles. The zero-order chi connectivity index (χ0) is 15.7. The molecule has 1 aromatic heterocycles. The molecule has 5 nitrogen and oxygen atoms in total. The first-order valence-corrected chi connectivity index (χ1v) is 8.46. The minimum Gasteiger partial charge on any atom is -0.321 e. The van der Waals surface area contributed by atoms with Gasteiger partial charge in [-0.2, -0.15) is 0 Å². The highest BCUT2D eigenvalue weighted by atomic mass is 35.5. The van der Waals surface area contributed by atoms with Crippen LogP contribution in [0.25, 0.3) is 5.70 Å². The van der Waals surface area contributed by atoms with E-state index in [0.717, 1.165) is 33.7 Å². The van der Waals surface area contributed by atoms with Crippen molar-refractivity contribution in [3.05, 3.63) is 46.1 Å². The van der Waals surface area contributed by atoms with E-state index in [-0.39, 0.29) is 6.04 Å². The zero-order valence-electron chi connectivity index (χ0n) is 12.5. The van der Waals surface area contributed by atoms with Gasteiger partial charge in [0.1, 0.15) is 0 Å². The lowest BCUT2D eigenvalue weighted by Crippen LogP contribution is -2.27. The highest BCUT2D eigenvalue weighted by Gasteiger charge is 2.25. The fourth-order valence-corrected chi connectivity index (χ4v) is 3.08. The van der Waals surface area contributed by atoms with Crippen LogP contribution in [0.15, 0.2) is 34.8 Å². The molecule has 0 unspecified atom stereocenters. The third kappa shape index (κ3) is 2.86. The van der Waals surface area contributed by atoms with Crippen molar-refractivity contribution < 1.29 is 0 Å². The van der Waals surface area contributed by atoms with E-state index in [9.17, 15) is 0 Å². The lowest BCUT2D eigenvalue weighted by atomic mass is 10.00. The number of nitrogens with two attached hydrogens (primary N) is 1. The van der Waals surface area contributed by atoms with Gasteiger partial charge >= 0.3 is 0 Å². The Morgan fingerprint density at radius 2 is 2.05 bits per heavy atom. The van der Waals surface area contributed by atoms with Gasteiger partial charge < -0.3 is 5.73 Å². The van der Waals surface area contributed by atoms with Crippen molar-refractivity contribution in [3.63, 3.8) is 0 Å². The molecule has 0 saturated carbocycles. The van der Waals surface area contributed by atoms with Crippen LogP contribution >= 0.6 is 23.4 Å². The molecule has 116 valence electrons. The minimum absolute atomic E-state index is 0.149. The van der Waals surface area contributed by atoms with Gasteiger partial charge in [0, 0.05) is 16.0 Å². The monoisotopic (exact) mass is 335 g/mol. The number of fused-ring (bicyclic) bond motifs is 1. The third-order valence-corrected chi connectivity index (χ3v) is 4.96.